The number of ether oxygens (including phenoxy) is 3. The molecule has 0 aromatic carbocycles. The summed E-state index contributed by atoms with van der Waals surface area (Å²) in [5.74, 6) is -0.871. The Hall–Kier alpha value is -2.37. The molecule has 0 aromatic rings. The SMILES string of the molecule is CCCCCCC\C=C/C=C\C=C/CCCCCCCC(=O)OCC(COC(=O)CCCCCCCCCCCCCCCCC)OC(=O)CCCCCCCCCCCCCCCCCCCC. The van der Waals surface area contributed by atoms with Crippen molar-refractivity contribution in [3.8, 4) is 0 Å². The number of hydrogen-bond acceptors (Lipinski definition) is 6. The second kappa shape index (κ2) is 58.2. The van der Waals surface area contributed by atoms with Crippen LogP contribution in [0.3, 0.4) is 0 Å². The van der Waals surface area contributed by atoms with E-state index in [1.54, 1.807) is 0 Å². The predicted octanol–water partition coefficient (Wildman–Crippen LogP) is 20.4. The Bertz CT molecular complexity index is 1160. The van der Waals surface area contributed by atoms with Crippen molar-refractivity contribution in [3.05, 3.63) is 36.5 Å². The van der Waals surface area contributed by atoms with Crippen LogP contribution in [0, 0.1) is 0 Å². The maximum absolute atomic E-state index is 12.9. The number of hydrogen-bond donors (Lipinski definition) is 0. The second-order valence-electron chi connectivity index (χ2n) is 20.7. The van der Waals surface area contributed by atoms with Crippen LogP contribution in [0.1, 0.15) is 329 Å². The molecule has 0 heterocycles. The summed E-state index contributed by atoms with van der Waals surface area (Å²) in [6.45, 7) is 6.66. The highest BCUT2D eigenvalue weighted by atomic mass is 16.6. The molecule has 6 nitrogen and oxygen atoms in total. The highest BCUT2D eigenvalue weighted by molar-refractivity contribution is 5.71. The van der Waals surface area contributed by atoms with Crippen LogP contribution in [0.2, 0.25) is 0 Å². The zero-order valence-corrected chi connectivity index (χ0v) is 46.3. The van der Waals surface area contributed by atoms with Crippen LogP contribution in [0.15, 0.2) is 36.5 Å². The zero-order chi connectivity index (χ0) is 50.0. The molecule has 0 saturated carbocycles. The largest absolute Gasteiger partial charge is 0.462 e. The maximum Gasteiger partial charge on any atom is 0.306 e. The molecule has 6 heteroatoms. The Morgan fingerprint density at radius 2 is 0.522 bits per heavy atom. The Kier molecular flexibility index (Phi) is 56.2. The van der Waals surface area contributed by atoms with Crippen molar-refractivity contribution in [1.29, 1.82) is 0 Å². The molecule has 404 valence electrons. The number of rotatable bonds is 56. The first kappa shape index (κ1) is 66.6. The highest BCUT2D eigenvalue weighted by Crippen LogP contribution is 2.17. The van der Waals surface area contributed by atoms with E-state index in [-0.39, 0.29) is 31.1 Å². The summed E-state index contributed by atoms with van der Waals surface area (Å²) in [6, 6.07) is 0. The van der Waals surface area contributed by atoms with Gasteiger partial charge in [-0.3, -0.25) is 14.4 Å². The highest BCUT2D eigenvalue weighted by Gasteiger charge is 2.19. The minimum absolute atomic E-state index is 0.0736. The lowest BCUT2D eigenvalue weighted by Crippen LogP contribution is -2.30. The van der Waals surface area contributed by atoms with Gasteiger partial charge in [0, 0.05) is 19.3 Å². The fourth-order valence-corrected chi connectivity index (χ4v) is 9.09. The average Bonchev–Trinajstić information content (AvgIpc) is 3.35. The summed E-state index contributed by atoms with van der Waals surface area (Å²) in [7, 11) is 0. The van der Waals surface area contributed by atoms with Crippen LogP contribution in [-0.4, -0.2) is 37.2 Å². The van der Waals surface area contributed by atoms with E-state index in [9.17, 15) is 14.4 Å². The molecule has 0 fully saturated rings. The first-order valence-corrected chi connectivity index (χ1v) is 30.5. The molecular formula is C63H116O6. The quantitative estimate of drug-likeness (QED) is 0.0261. The van der Waals surface area contributed by atoms with Crippen molar-refractivity contribution in [1.82, 2.24) is 0 Å². The van der Waals surface area contributed by atoms with Crippen LogP contribution in [0.25, 0.3) is 0 Å². The van der Waals surface area contributed by atoms with E-state index >= 15 is 0 Å². The summed E-state index contributed by atoms with van der Waals surface area (Å²) >= 11 is 0. The molecule has 0 aliphatic carbocycles. The molecule has 1 unspecified atom stereocenters. The minimum atomic E-state index is -0.777. The van der Waals surface area contributed by atoms with Crippen LogP contribution in [-0.2, 0) is 28.6 Å². The van der Waals surface area contributed by atoms with Crippen LogP contribution < -0.4 is 0 Å². The standard InChI is InChI=1S/C63H116O6/c1-4-7-10-13-16-19-22-25-28-30-32-35-38-41-44-47-50-53-56-62(65)68-59-60(58-67-61(64)55-52-49-46-43-40-37-34-27-24-21-18-15-12-9-6-3)69-63(66)57-54-51-48-45-42-39-36-33-31-29-26-23-20-17-14-11-8-5-2/h22,25,28,30,32,35,60H,4-21,23-24,26-27,29,31,33-34,36-59H2,1-3H3/b25-22-,30-28-,35-32-. The average molecular weight is 970 g/mol. The number of unbranched alkanes of at least 4 members (excludes halogenated alkanes) is 41. The molecule has 0 aliphatic heterocycles. The summed E-state index contributed by atoms with van der Waals surface area (Å²) in [5, 5.41) is 0. The Morgan fingerprint density at radius 1 is 0.290 bits per heavy atom. The summed E-state index contributed by atoms with van der Waals surface area (Å²) in [4.78, 5) is 38.2. The second-order valence-corrected chi connectivity index (χ2v) is 20.7. The fourth-order valence-electron chi connectivity index (χ4n) is 9.09. The lowest BCUT2D eigenvalue weighted by atomic mass is 10.0. The molecule has 0 N–H and O–H groups in total. The number of allylic oxidation sites excluding steroid dienone is 6. The lowest BCUT2D eigenvalue weighted by molar-refractivity contribution is -0.167. The Balaban J connectivity index is 4.36. The molecule has 0 rings (SSSR count). The predicted molar refractivity (Wildman–Crippen MR) is 298 cm³/mol. The van der Waals surface area contributed by atoms with Gasteiger partial charge in [0.2, 0.25) is 0 Å². The molecule has 0 aromatic heterocycles. The van der Waals surface area contributed by atoms with E-state index in [0.29, 0.717) is 19.3 Å². The van der Waals surface area contributed by atoms with Crippen molar-refractivity contribution in [2.75, 3.05) is 13.2 Å². The maximum atomic E-state index is 12.9. The lowest BCUT2D eigenvalue weighted by Gasteiger charge is -2.18. The minimum Gasteiger partial charge on any atom is -0.462 e. The number of esters is 3. The summed E-state index contributed by atoms with van der Waals surface area (Å²) < 4.78 is 16.9. The monoisotopic (exact) mass is 969 g/mol. The first-order valence-electron chi connectivity index (χ1n) is 30.5. The molecule has 1 atom stereocenters. The molecule has 0 spiro atoms. The summed E-state index contributed by atoms with van der Waals surface area (Å²) in [6.07, 6.45) is 69.9. The third-order valence-corrected chi connectivity index (χ3v) is 13.7. The van der Waals surface area contributed by atoms with Gasteiger partial charge in [0.25, 0.3) is 0 Å². The topological polar surface area (TPSA) is 78.9 Å². The third-order valence-electron chi connectivity index (χ3n) is 13.7. The van der Waals surface area contributed by atoms with E-state index in [1.807, 2.05) is 0 Å². The van der Waals surface area contributed by atoms with Gasteiger partial charge in [0.1, 0.15) is 13.2 Å². The van der Waals surface area contributed by atoms with E-state index < -0.39 is 6.10 Å². The van der Waals surface area contributed by atoms with Crippen molar-refractivity contribution < 1.29 is 28.6 Å². The first-order chi connectivity index (χ1) is 34.0. The van der Waals surface area contributed by atoms with Crippen molar-refractivity contribution in [3.63, 3.8) is 0 Å². The smallest absolute Gasteiger partial charge is 0.306 e. The van der Waals surface area contributed by atoms with Gasteiger partial charge in [-0.05, 0) is 44.9 Å². The van der Waals surface area contributed by atoms with E-state index in [0.717, 1.165) is 77.0 Å². The normalized spacial score (nSPS) is 12.2. The number of carbonyl (C=O) groups is 3. The van der Waals surface area contributed by atoms with E-state index in [4.69, 9.17) is 14.2 Å². The van der Waals surface area contributed by atoms with Gasteiger partial charge in [0.05, 0.1) is 0 Å². The number of carbonyl (C=O) groups excluding carboxylic acids is 3. The van der Waals surface area contributed by atoms with E-state index in [2.05, 4.69) is 57.2 Å². The molecule has 0 radical (unpaired) electrons. The summed E-state index contributed by atoms with van der Waals surface area (Å²) in [5.41, 5.74) is 0. The third kappa shape index (κ3) is 56.4. The zero-order valence-electron chi connectivity index (χ0n) is 46.3. The van der Waals surface area contributed by atoms with Gasteiger partial charge in [-0.15, -0.1) is 0 Å². The van der Waals surface area contributed by atoms with E-state index in [1.165, 1.54) is 212 Å². The molecule has 0 bridgehead atoms. The molecule has 69 heavy (non-hydrogen) atoms. The van der Waals surface area contributed by atoms with Crippen molar-refractivity contribution in [2.45, 2.75) is 335 Å². The van der Waals surface area contributed by atoms with Gasteiger partial charge in [-0.1, -0.05) is 301 Å². The van der Waals surface area contributed by atoms with Gasteiger partial charge in [-0.25, -0.2) is 0 Å². The Morgan fingerprint density at radius 3 is 0.797 bits per heavy atom. The Labute approximate surface area is 429 Å². The van der Waals surface area contributed by atoms with Crippen molar-refractivity contribution >= 4 is 17.9 Å². The van der Waals surface area contributed by atoms with Crippen molar-refractivity contribution in [2.24, 2.45) is 0 Å². The molecular weight excluding hydrogens is 853 g/mol. The van der Waals surface area contributed by atoms with Gasteiger partial charge < -0.3 is 14.2 Å². The van der Waals surface area contributed by atoms with Crippen LogP contribution in [0.5, 0.6) is 0 Å². The van der Waals surface area contributed by atoms with Crippen LogP contribution in [0.4, 0.5) is 0 Å². The van der Waals surface area contributed by atoms with Gasteiger partial charge in [0.15, 0.2) is 6.10 Å². The van der Waals surface area contributed by atoms with Gasteiger partial charge >= 0.3 is 17.9 Å². The van der Waals surface area contributed by atoms with Gasteiger partial charge in [-0.2, -0.15) is 0 Å². The molecule has 0 amide bonds. The van der Waals surface area contributed by atoms with Crippen LogP contribution >= 0.6 is 0 Å². The fraction of sp³-hybridized carbons (Fsp3) is 0.857. The molecule has 0 saturated heterocycles. The molecule has 0 aliphatic rings.